The number of nitrogens with zero attached hydrogens (tertiary/aromatic N) is 3. The molecule has 7 heteroatoms. The van der Waals surface area contributed by atoms with Crippen molar-refractivity contribution in [1.82, 2.24) is 14.7 Å². The van der Waals surface area contributed by atoms with Gasteiger partial charge in [-0.25, -0.2) is 4.68 Å². The van der Waals surface area contributed by atoms with Crippen molar-refractivity contribution in [2.24, 2.45) is 0 Å². The molecule has 1 rings (SSSR count). The summed E-state index contributed by atoms with van der Waals surface area (Å²) in [5.41, 5.74) is -0.563. The second kappa shape index (κ2) is 5.32. The lowest BCUT2D eigenvalue weighted by Gasteiger charge is -2.14. The van der Waals surface area contributed by atoms with Crippen LogP contribution in [0, 0.1) is 0 Å². The zero-order valence-electron chi connectivity index (χ0n) is 8.91. The Balaban J connectivity index is 2.95. The first kappa shape index (κ1) is 13.0. The van der Waals surface area contributed by atoms with Gasteiger partial charge in [0.05, 0.1) is 11.2 Å². The molecule has 0 unspecified atom stereocenters. The predicted molar refractivity (Wildman–Crippen MR) is 61.8 cm³/mol. The third-order valence-corrected chi connectivity index (χ3v) is 2.88. The van der Waals surface area contributed by atoms with Gasteiger partial charge in [-0.05, 0) is 6.92 Å². The minimum absolute atomic E-state index is 0.0826. The normalized spacial score (nSPS) is 10.2. The number of amides is 1. The summed E-state index contributed by atoms with van der Waals surface area (Å²) in [6.07, 6.45) is 1.24. The molecule has 0 radical (unpaired) electrons. The highest BCUT2D eigenvalue weighted by Crippen LogP contribution is 2.14. The van der Waals surface area contributed by atoms with Crippen LogP contribution in [0.15, 0.2) is 11.0 Å². The lowest BCUT2D eigenvalue weighted by Crippen LogP contribution is -2.35. The molecule has 0 aliphatic heterocycles. The average molecular weight is 264 g/mol. The fourth-order valence-electron chi connectivity index (χ4n) is 0.983. The third kappa shape index (κ3) is 2.74. The van der Waals surface area contributed by atoms with Gasteiger partial charge < -0.3 is 4.90 Å². The van der Waals surface area contributed by atoms with E-state index in [-0.39, 0.29) is 22.5 Å². The van der Waals surface area contributed by atoms with Crippen LogP contribution in [0.5, 0.6) is 0 Å². The molecule has 0 aliphatic carbocycles. The monoisotopic (exact) mass is 263 g/mol. The smallest absolute Gasteiger partial charge is 0.287 e. The van der Waals surface area contributed by atoms with Crippen LogP contribution < -0.4 is 5.56 Å². The fourth-order valence-corrected chi connectivity index (χ4v) is 1.25. The topological polar surface area (TPSA) is 55.2 Å². The Labute approximate surface area is 103 Å². The van der Waals surface area contributed by atoms with Crippen LogP contribution >= 0.6 is 23.2 Å². The molecule has 0 aliphatic rings. The van der Waals surface area contributed by atoms with Gasteiger partial charge in [0.2, 0.25) is 5.91 Å². The van der Waals surface area contributed by atoms with E-state index in [9.17, 15) is 9.59 Å². The van der Waals surface area contributed by atoms with Crippen molar-refractivity contribution in [2.75, 3.05) is 13.6 Å². The van der Waals surface area contributed by atoms with Crippen LogP contribution in [0.3, 0.4) is 0 Å². The molecule has 1 aromatic rings. The first-order valence-electron chi connectivity index (χ1n) is 4.62. The van der Waals surface area contributed by atoms with Gasteiger partial charge in [-0.15, -0.1) is 0 Å². The van der Waals surface area contributed by atoms with E-state index in [0.29, 0.717) is 6.54 Å². The van der Waals surface area contributed by atoms with Crippen LogP contribution in [0.2, 0.25) is 10.0 Å². The van der Waals surface area contributed by atoms with Crippen molar-refractivity contribution in [3.8, 4) is 0 Å². The van der Waals surface area contributed by atoms with Crippen LogP contribution in [0.4, 0.5) is 0 Å². The van der Waals surface area contributed by atoms with Gasteiger partial charge in [0.15, 0.2) is 0 Å². The van der Waals surface area contributed by atoms with Crippen LogP contribution in [-0.4, -0.2) is 34.2 Å². The van der Waals surface area contributed by atoms with Gasteiger partial charge in [0.1, 0.15) is 11.6 Å². The Morgan fingerprint density at radius 3 is 2.75 bits per heavy atom. The third-order valence-electron chi connectivity index (χ3n) is 2.13. The number of rotatable bonds is 3. The highest BCUT2D eigenvalue weighted by atomic mass is 35.5. The van der Waals surface area contributed by atoms with E-state index in [0.717, 1.165) is 4.68 Å². The summed E-state index contributed by atoms with van der Waals surface area (Å²) in [5, 5.41) is 3.70. The Bertz CT molecular complexity index is 459. The molecule has 0 saturated heterocycles. The van der Waals surface area contributed by atoms with E-state index in [1.807, 2.05) is 6.92 Å². The molecular weight excluding hydrogens is 253 g/mol. The maximum atomic E-state index is 11.5. The molecule has 0 bridgehead atoms. The summed E-state index contributed by atoms with van der Waals surface area (Å²) in [5.74, 6) is -0.213. The Morgan fingerprint density at radius 1 is 1.56 bits per heavy atom. The first-order chi connectivity index (χ1) is 7.47. The number of carbonyl (C=O) groups excluding carboxylic acids is 1. The van der Waals surface area contributed by atoms with Gasteiger partial charge in [-0.2, -0.15) is 5.10 Å². The van der Waals surface area contributed by atoms with Gasteiger partial charge in [0.25, 0.3) is 5.56 Å². The molecule has 0 saturated carbocycles. The standard InChI is InChI=1S/C9H11Cl2N3O2/c1-3-13(2)7(15)5-14-9(16)8(11)6(10)4-12-14/h4H,3,5H2,1-2H3. The van der Waals surface area contributed by atoms with E-state index in [1.54, 1.807) is 7.05 Å². The number of hydrogen-bond donors (Lipinski definition) is 0. The summed E-state index contributed by atoms with van der Waals surface area (Å²) in [7, 11) is 1.64. The van der Waals surface area contributed by atoms with Gasteiger partial charge in [-0.1, -0.05) is 23.2 Å². The molecule has 0 atom stereocenters. The summed E-state index contributed by atoms with van der Waals surface area (Å²) >= 11 is 11.3. The molecule has 0 fully saturated rings. The van der Waals surface area contributed by atoms with E-state index >= 15 is 0 Å². The maximum absolute atomic E-state index is 11.5. The lowest BCUT2D eigenvalue weighted by molar-refractivity contribution is -0.130. The highest BCUT2D eigenvalue weighted by Gasteiger charge is 2.12. The summed E-state index contributed by atoms with van der Waals surface area (Å²) in [6, 6.07) is 0. The van der Waals surface area contributed by atoms with Crippen LogP contribution in [0.1, 0.15) is 6.92 Å². The van der Waals surface area contributed by atoms with Gasteiger partial charge in [0, 0.05) is 13.6 Å². The molecule has 0 aromatic carbocycles. The highest BCUT2D eigenvalue weighted by molar-refractivity contribution is 6.41. The molecule has 0 N–H and O–H groups in total. The first-order valence-corrected chi connectivity index (χ1v) is 5.38. The molecule has 88 valence electrons. The molecule has 1 aromatic heterocycles. The minimum Gasteiger partial charge on any atom is -0.344 e. The van der Waals surface area contributed by atoms with Crippen molar-refractivity contribution in [1.29, 1.82) is 0 Å². The van der Waals surface area contributed by atoms with Gasteiger partial charge in [-0.3, -0.25) is 9.59 Å². The second-order valence-corrected chi connectivity index (χ2v) is 3.96. The van der Waals surface area contributed by atoms with Crippen molar-refractivity contribution in [2.45, 2.75) is 13.5 Å². The minimum atomic E-state index is -0.563. The lowest BCUT2D eigenvalue weighted by atomic mass is 10.5. The zero-order valence-corrected chi connectivity index (χ0v) is 10.4. The molecule has 16 heavy (non-hydrogen) atoms. The average Bonchev–Trinajstić information content (AvgIpc) is 2.28. The molecule has 0 spiro atoms. The summed E-state index contributed by atoms with van der Waals surface area (Å²) in [6.45, 7) is 2.26. The van der Waals surface area contributed by atoms with Crippen molar-refractivity contribution in [3.63, 3.8) is 0 Å². The number of halogens is 2. The van der Waals surface area contributed by atoms with E-state index in [2.05, 4.69) is 5.10 Å². The quantitative estimate of drug-likeness (QED) is 0.819. The van der Waals surface area contributed by atoms with Crippen molar-refractivity contribution < 1.29 is 4.79 Å². The maximum Gasteiger partial charge on any atom is 0.287 e. The van der Waals surface area contributed by atoms with Crippen molar-refractivity contribution in [3.05, 3.63) is 26.6 Å². The number of hydrogen-bond acceptors (Lipinski definition) is 3. The molecule has 5 nitrogen and oxygen atoms in total. The van der Waals surface area contributed by atoms with Crippen LogP contribution in [-0.2, 0) is 11.3 Å². The van der Waals surface area contributed by atoms with E-state index in [4.69, 9.17) is 23.2 Å². The van der Waals surface area contributed by atoms with E-state index < -0.39 is 5.56 Å². The Morgan fingerprint density at radius 2 is 2.19 bits per heavy atom. The molecular formula is C9H11Cl2N3O2. The van der Waals surface area contributed by atoms with Gasteiger partial charge >= 0.3 is 0 Å². The zero-order chi connectivity index (χ0) is 12.3. The molecule has 1 amide bonds. The largest absolute Gasteiger partial charge is 0.344 e. The second-order valence-electron chi connectivity index (χ2n) is 3.18. The van der Waals surface area contributed by atoms with E-state index in [1.165, 1.54) is 11.1 Å². The molecule has 1 heterocycles. The predicted octanol–water partition coefficient (Wildman–Crippen LogP) is 1.03. The number of likely N-dealkylation sites (N-methyl/N-ethyl adjacent to an activating group) is 1. The summed E-state index contributed by atoms with van der Waals surface area (Å²) < 4.78 is 0.989. The van der Waals surface area contributed by atoms with Crippen molar-refractivity contribution >= 4 is 29.1 Å². The SMILES string of the molecule is CCN(C)C(=O)Cn1ncc(Cl)c(Cl)c1=O. The number of aromatic nitrogens is 2. The Hall–Kier alpha value is -1.07. The fraction of sp³-hybridized carbons (Fsp3) is 0.444. The van der Waals surface area contributed by atoms with Crippen LogP contribution in [0.25, 0.3) is 0 Å². The Kier molecular flexibility index (Phi) is 4.32. The summed E-state index contributed by atoms with van der Waals surface area (Å²) in [4.78, 5) is 24.6. The number of carbonyl (C=O) groups is 1.